The third kappa shape index (κ3) is 52.4. The van der Waals surface area contributed by atoms with Crippen LogP contribution in [0.4, 0.5) is 0 Å². The van der Waals surface area contributed by atoms with Crippen molar-refractivity contribution in [1.29, 1.82) is 0 Å². The highest BCUT2D eigenvalue weighted by Gasteiger charge is 2.17. The first-order valence-corrected chi connectivity index (χ1v) is 26.4. The summed E-state index contributed by atoms with van der Waals surface area (Å²) in [6.45, 7) is 7.37. The van der Waals surface area contributed by atoms with Crippen LogP contribution in [0, 0.1) is 0 Å². The van der Waals surface area contributed by atoms with E-state index in [9.17, 15) is 9.59 Å². The molecule has 0 spiro atoms. The summed E-state index contributed by atoms with van der Waals surface area (Å²) < 4.78 is 17.3. The molecule has 0 aromatic carbocycles. The van der Waals surface area contributed by atoms with Gasteiger partial charge in [0.2, 0.25) is 0 Å². The Morgan fingerprint density at radius 1 is 0.364 bits per heavy atom. The molecule has 0 fully saturated rings. The van der Waals surface area contributed by atoms with Crippen LogP contribution in [0.3, 0.4) is 0 Å². The molecular formula is C61H96O5. The van der Waals surface area contributed by atoms with E-state index in [-0.39, 0.29) is 31.6 Å². The van der Waals surface area contributed by atoms with E-state index in [0.717, 1.165) is 128 Å². The topological polar surface area (TPSA) is 61.8 Å². The quantitative estimate of drug-likeness (QED) is 0.0346. The molecule has 66 heavy (non-hydrogen) atoms. The second-order valence-corrected chi connectivity index (χ2v) is 16.7. The van der Waals surface area contributed by atoms with E-state index in [1.807, 2.05) is 12.2 Å². The normalized spacial score (nSPS) is 13.4. The lowest BCUT2D eigenvalue weighted by Gasteiger charge is -2.18. The molecule has 1 atom stereocenters. The summed E-state index contributed by atoms with van der Waals surface area (Å²) in [6, 6.07) is 0. The molecule has 5 nitrogen and oxygen atoms in total. The van der Waals surface area contributed by atoms with Crippen molar-refractivity contribution in [3.05, 3.63) is 146 Å². The van der Waals surface area contributed by atoms with Crippen molar-refractivity contribution < 1.29 is 23.8 Å². The molecule has 0 aromatic heterocycles. The highest BCUT2D eigenvalue weighted by molar-refractivity contribution is 5.71. The zero-order valence-electron chi connectivity index (χ0n) is 42.4. The average molecular weight is 909 g/mol. The van der Waals surface area contributed by atoms with Gasteiger partial charge in [0.05, 0.1) is 13.0 Å². The highest BCUT2D eigenvalue weighted by atomic mass is 16.6. The Morgan fingerprint density at radius 3 is 1.17 bits per heavy atom. The molecular weight excluding hydrogens is 813 g/mol. The number of carbonyl (C=O) groups excluding carboxylic acids is 2. The van der Waals surface area contributed by atoms with Gasteiger partial charge in [0.1, 0.15) is 6.61 Å². The first-order valence-electron chi connectivity index (χ1n) is 26.4. The molecule has 0 aliphatic rings. The standard InChI is InChI=1S/C61H96O5/c1-4-7-10-13-16-19-22-25-28-29-30-31-32-35-38-41-44-47-50-53-56-64-57-59(66-61(63)55-52-49-46-43-40-37-34-27-24-21-18-15-12-9-6-3)58-65-60(62)54-51-48-45-42-39-36-33-26-23-20-17-14-11-8-5-2/h7-8,10-11,16-21,25-28,30-31,33-35,38-39,42,48,51,59H,4-6,9,12-15,22-24,29,32,36-37,40-41,43-47,49-50,52-58H2,1-3H3/b10-7-,11-8-,19-16-,20-17-,21-18-,28-25-,31-30-,33-26-,34-27-,38-35-,42-39-,51-48-. The van der Waals surface area contributed by atoms with E-state index in [1.165, 1.54) is 38.5 Å². The van der Waals surface area contributed by atoms with Crippen LogP contribution in [-0.4, -0.2) is 37.9 Å². The van der Waals surface area contributed by atoms with Gasteiger partial charge in [-0.2, -0.15) is 0 Å². The van der Waals surface area contributed by atoms with Crippen LogP contribution in [0.15, 0.2) is 146 Å². The summed E-state index contributed by atoms with van der Waals surface area (Å²) in [4.78, 5) is 25.4. The van der Waals surface area contributed by atoms with Gasteiger partial charge in [0.25, 0.3) is 0 Å². The van der Waals surface area contributed by atoms with E-state index in [4.69, 9.17) is 14.2 Å². The van der Waals surface area contributed by atoms with Gasteiger partial charge in [-0.25, -0.2) is 0 Å². The van der Waals surface area contributed by atoms with Crippen molar-refractivity contribution in [3.8, 4) is 0 Å². The molecule has 370 valence electrons. The first kappa shape index (κ1) is 61.8. The Bertz CT molecular complexity index is 1450. The van der Waals surface area contributed by atoms with E-state index in [0.29, 0.717) is 13.0 Å². The van der Waals surface area contributed by atoms with Crippen LogP contribution in [-0.2, 0) is 23.8 Å². The molecule has 0 bridgehead atoms. The van der Waals surface area contributed by atoms with E-state index in [2.05, 4.69) is 154 Å². The molecule has 5 heteroatoms. The van der Waals surface area contributed by atoms with Gasteiger partial charge >= 0.3 is 11.9 Å². The molecule has 0 N–H and O–H groups in total. The second kappa shape index (κ2) is 55.1. The number of unbranched alkanes of at least 4 members (excludes halogenated alkanes) is 12. The smallest absolute Gasteiger partial charge is 0.309 e. The molecule has 0 aliphatic carbocycles. The first-order chi connectivity index (χ1) is 32.6. The van der Waals surface area contributed by atoms with Gasteiger partial charge in [-0.1, -0.05) is 212 Å². The summed E-state index contributed by atoms with van der Waals surface area (Å²) in [5.41, 5.74) is 0. The van der Waals surface area contributed by atoms with Crippen LogP contribution in [0.25, 0.3) is 0 Å². The van der Waals surface area contributed by atoms with E-state index in [1.54, 1.807) is 0 Å². The average Bonchev–Trinajstić information content (AvgIpc) is 3.32. The third-order valence-corrected chi connectivity index (χ3v) is 10.4. The third-order valence-electron chi connectivity index (χ3n) is 10.4. The van der Waals surface area contributed by atoms with Gasteiger partial charge in [-0.05, 0) is 122 Å². The molecule has 0 radical (unpaired) electrons. The van der Waals surface area contributed by atoms with Gasteiger partial charge in [0.15, 0.2) is 6.10 Å². The second-order valence-electron chi connectivity index (χ2n) is 16.7. The van der Waals surface area contributed by atoms with Crippen molar-refractivity contribution >= 4 is 11.9 Å². The fourth-order valence-corrected chi connectivity index (χ4v) is 6.52. The molecule has 0 rings (SSSR count). The number of rotatable bonds is 46. The molecule has 0 heterocycles. The summed E-state index contributed by atoms with van der Waals surface area (Å²) >= 11 is 0. The monoisotopic (exact) mass is 909 g/mol. The van der Waals surface area contributed by atoms with Crippen molar-refractivity contribution in [2.24, 2.45) is 0 Å². The SMILES string of the molecule is CC/C=C\C/C=C\C/C=C\C/C=C\C/C=C\CCCCCCOCC(COC(=O)C/C=C\C/C=C\C/C=C\C/C=C\C/C=C\CC)OC(=O)CCCCCCC/C=C\C/C=C\CCCCC. The number of allylic oxidation sites excluding steroid dienone is 23. The van der Waals surface area contributed by atoms with Crippen LogP contribution < -0.4 is 0 Å². The lowest BCUT2D eigenvalue weighted by Crippen LogP contribution is -2.30. The number of carbonyl (C=O) groups is 2. The van der Waals surface area contributed by atoms with Crippen LogP contribution in [0.5, 0.6) is 0 Å². The number of esters is 2. The fraction of sp³-hybridized carbons (Fsp3) is 0.574. The number of hydrogen-bond acceptors (Lipinski definition) is 5. The van der Waals surface area contributed by atoms with E-state index >= 15 is 0 Å². The zero-order chi connectivity index (χ0) is 47.7. The van der Waals surface area contributed by atoms with E-state index < -0.39 is 6.10 Å². The maximum absolute atomic E-state index is 12.8. The Morgan fingerprint density at radius 2 is 0.727 bits per heavy atom. The molecule has 0 amide bonds. The Labute approximate surface area is 406 Å². The molecule has 1 unspecified atom stereocenters. The van der Waals surface area contributed by atoms with Gasteiger partial charge in [0, 0.05) is 13.0 Å². The Hall–Kier alpha value is -4.22. The van der Waals surface area contributed by atoms with Crippen LogP contribution in [0.1, 0.15) is 201 Å². The predicted molar refractivity (Wildman–Crippen MR) is 288 cm³/mol. The lowest BCUT2D eigenvalue weighted by atomic mass is 10.1. The zero-order valence-corrected chi connectivity index (χ0v) is 42.4. The van der Waals surface area contributed by atoms with Crippen LogP contribution in [0.2, 0.25) is 0 Å². The van der Waals surface area contributed by atoms with Gasteiger partial charge < -0.3 is 14.2 Å². The van der Waals surface area contributed by atoms with Crippen LogP contribution >= 0.6 is 0 Å². The van der Waals surface area contributed by atoms with Crippen molar-refractivity contribution in [2.45, 2.75) is 207 Å². The lowest BCUT2D eigenvalue weighted by molar-refractivity contribution is -0.162. The molecule has 0 aromatic rings. The van der Waals surface area contributed by atoms with Crippen molar-refractivity contribution in [2.75, 3.05) is 19.8 Å². The van der Waals surface area contributed by atoms with Crippen molar-refractivity contribution in [3.63, 3.8) is 0 Å². The molecule has 0 saturated heterocycles. The fourth-order valence-electron chi connectivity index (χ4n) is 6.52. The Kier molecular flexibility index (Phi) is 51.6. The summed E-state index contributed by atoms with van der Waals surface area (Å²) in [5, 5.41) is 0. The summed E-state index contributed by atoms with van der Waals surface area (Å²) in [5.74, 6) is -0.586. The molecule has 0 saturated carbocycles. The largest absolute Gasteiger partial charge is 0.461 e. The molecule has 0 aliphatic heterocycles. The minimum absolute atomic E-state index is 0.00466. The predicted octanol–water partition coefficient (Wildman–Crippen LogP) is 18.1. The maximum Gasteiger partial charge on any atom is 0.309 e. The van der Waals surface area contributed by atoms with Gasteiger partial charge in [-0.15, -0.1) is 0 Å². The number of hydrogen-bond donors (Lipinski definition) is 0. The highest BCUT2D eigenvalue weighted by Crippen LogP contribution is 2.11. The maximum atomic E-state index is 12.8. The Balaban J connectivity index is 4.50. The summed E-state index contributed by atoms with van der Waals surface area (Å²) in [6.07, 6.45) is 80.2. The minimum atomic E-state index is -0.608. The minimum Gasteiger partial charge on any atom is -0.461 e. The van der Waals surface area contributed by atoms with Crippen molar-refractivity contribution in [1.82, 2.24) is 0 Å². The summed E-state index contributed by atoms with van der Waals surface area (Å²) in [7, 11) is 0. The number of ether oxygens (including phenoxy) is 3. The van der Waals surface area contributed by atoms with Gasteiger partial charge in [-0.3, -0.25) is 9.59 Å².